The van der Waals surface area contributed by atoms with Crippen LogP contribution in [0.3, 0.4) is 0 Å². The molecule has 0 spiro atoms. The first-order chi connectivity index (χ1) is 10.2. The molecule has 0 aliphatic carbocycles. The second kappa shape index (κ2) is 6.95. The monoisotopic (exact) mass is 290 g/mol. The van der Waals surface area contributed by atoms with E-state index in [1.54, 1.807) is 12.1 Å². The van der Waals surface area contributed by atoms with E-state index in [1.807, 2.05) is 25.1 Å². The fraction of sp³-hybridized carbons (Fsp3) is 0.312. The third kappa shape index (κ3) is 3.64. The number of benzene rings is 1. The van der Waals surface area contributed by atoms with Gasteiger partial charge in [0.2, 0.25) is 5.76 Å². The van der Waals surface area contributed by atoms with Crippen LogP contribution in [0.1, 0.15) is 34.4 Å². The SMILES string of the molecule is CCc1oc(C(=O)OC)cc1COc1cccc(CO)c1. The van der Waals surface area contributed by atoms with Crippen LogP contribution in [0, 0.1) is 0 Å². The molecular weight excluding hydrogens is 272 g/mol. The molecule has 0 aliphatic rings. The Labute approximate surface area is 123 Å². The minimum Gasteiger partial charge on any atom is -0.489 e. The number of furan rings is 1. The third-order valence-corrected chi connectivity index (χ3v) is 3.08. The molecule has 112 valence electrons. The summed E-state index contributed by atoms with van der Waals surface area (Å²) in [6.07, 6.45) is 0.659. The average Bonchev–Trinajstić information content (AvgIpc) is 2.95. The zero-order chi connectivity index (χ0) is 15.2. The van der Waals surface area contributed by atoms with Crippen LogP contribution in [0.25, 0.3) is 0 Å². The maximum atomic E-state index is 11.5. The molecule has 0 radical (unpaired) electrons. The molecule has 1 heterocycles. The molecule has 0 bridgehead atoms. The fourth-order valence-electron chi connectivity index (χ4n) is 1.98. The minimum atomic E-state index is -0.502. The van der Waals surface area contributed by atoms with E-state index in [1.165, 1.54) is 7.11 Å². The van der Waals surface area contributed by atoms with Crippen molar-refractivity contribution >= 4 is 5.97 Å². The molecular formula is C16H18O5. The van der Waals surface area contributed by atoms with Gasteiger partial charge in [-0.25, -0.2) is 4.79 Å². The summed E-state index contributed by atoms with van der Waals surface area (Å²) in [6, 6.07) is 8.86. The molecule has 1 N–H and O–H groups in total. The number of aryl methyl sites for hydroxylation is 1. The zero-order valence-electron chi connectivity index (χ0n) is 12.1. The summed E-state index contributed by atoms with van der Waals surface area (Å²) in [4.78, 5) is 11.5. The first-order valence-corrected chi connectivity index (χ1v) is 6.70. The van der Waals surface area contributed by atoms with E-state index in [0.717, 1.165) is 11.1 Å². The molecule has 5 heteroatoms. The maximum Gasteiger partial charge on any atom is 0.373 e. The molecule has 2 aromatic rings. The predicted molar refractivity (Wildman–Crippen MR) is 76.1 cm³/mol. The summed E-state index contributed by atoms with van der Waals surface area (Å²) < 4.78 is 15.8. The molecule has 0 saturated heterocycles. The highest BCUT2D eigenvalue weighted by Crippen LogP contribution is 2.20. The number of esters is 1. The van der Waals surface area contributed by atoms with Crippen molar-refractivity contribution in [2.45, 2.75) is 26.6 Å². The Hall–Kier alpha value is -2.27. The fourth-order valence-corrected chi connectivity index (χ4v) is 1.98. The highest BCUT2D eigenvalue weighted by Gasteiger charge is 2.16. The number of aliphatic hydroxyl groups excluding tert-OH is 1. The largest absolute Gasteiger partial charge is 0.489 e. The van der Waals surface area contributed by atoms with Crippen molar-refractivity contribution in [1.29, 1.82) is 0 Å². The van der Waals surface area contributed by atoms with Crippen LogP contribution in [0.2, 0.25) is 0 Å². The molecule has 0 unspecified atom stereocenters. The highest BCUT2D eigenvalue weighted by atomic mass is 16.5. The molecule has 2 rings (SSSR count). The Morgan fingerprint density at radius 1 is 1.33 bits per heavy atom. The Bertz CT molecular complexity index is 615. The van der Waals surface area contributed by atoms with Crippen molar-refractivity contribution in [2.75, 3.05) is 7.11 Å². The number of aliphatic hydroxyl groups is 1. The van der Waals surface area contributed by atoms with Crippen molar-refractivity contribution in [3.63, 3.8) is 0 Å². The number of methoxy groups -OCH3 is 1. The van der Waals surface area contributed by atoms with Crippen LogP contribution < -0.4 is 4.74 Å². The van der Waals surface area contributed by atoms with Gasteiger partial charge in [0.25, 0.3) is 0 Å². The molecule has 21 heavy (non-hydrogen) atoms. The molecule has 0 atom stereocenters. The van der Waals surface area contributed by atoms with Gasteiger partial charge in [0, 0.05) is 12.0 Å². The second-order valence-corrected chi connectivity index (χ2v) is 4.50. The van der Waals surface area contributed by atoms with Gasteiger partial charge in [-0.2, -0.15) is 0 Å². The van der Waals surface area contributed by atoms with Crippen LogP contribution in [-0.2, 0) is 24.4 Å². The Kier molecular flexibility index (Phi) is 5.00. The molecule has 0 fully saturated rings. The van der Waals surface area contributed by atoms with Gasteiger partial charge in [-0.1, -0.05) is 19.1 Å². The normalized spacial score (nSPS) is 10.4. The van der Waals surface area contributed by atoms with E-state index < -0.39 is 5.97 Å². The lowest BCUT2D eigenvalue weighted by molar-refractivity contribution is 0.0563. The summed E-state index contributed by atoms with van der Waals surface area (Å²) in [5.41, 5.74) is 1.60. The van der Waals surface area contributed by atoms with E-state index in [-0.39, 0.29) is 12.4 Å². The Morgan fingerprint density at radius 2 is 2.14 bits per heavy atom. The smallest absolute Gasteiger partial charge is 0.373 e. The van der Waals surface area contributed by atoms with Gasteiger partial charge in [0.15, 0.2) is 0 Å². The van der Waals surface area contributed by atoms with Crippen LogP contribution >= 0.6 is 0 Å². The van der Waals surface area contributed by atoms with Crippen molar-refractivity contribution in [2.24, 2.45) is 0 Å². The molecule has 1 aromatic heterocycles. The number of carbonyl (C=O) groups excluding carboxylic acids is 1. The first-order valence-electron chi connectivity index (χ1n) is 6.70. The van der Waals surface area contributed by atoms with Crippen LogP contribution in [0.5, 0.6) is 5.75 Å². The van der Waals surface area contributed by atoms with Gasteiger partial charge in [-0.05, 0) is 23.8 Å². The average molecular weight is 290 g/mol. The van der Waals surface area contributed by atoms with Gasteiger partial charge in [-0.15, -0.1) is 0 Å². The first kappa shape index (κ1) is 15.1. The lowest BCUT2D eigenvalue weighted by Crippen LogP contribution is -1.99. The summed E-state index contributed by atoms with van der Waals surface area (Å²) in [7, 11) is 1.31. The number of hydrogen-bond donors (Lipinski definition) is 1. The number of ether oxygens (including phenoxy) is 2. The summed E-state index contributed by atoms with van der Waals surface area (Å²) in [5.74, 6) is 1.04. The van der Waals surface area contributed by atoms with E-state index in [9.17, 15) is 4.79 Å². The second-order valence-electron chi connectivity index (χ2n) is 4.50. The van der Waals surface area contributed by atoms with Crippen molar-refractivity contribution in [3.05, 3.63) is 53.0 Å². The van der Waals surface area contributed by atoms with Gasteiger partial charge in [0.05, 0.1) is 13.7 Å². The summed E-state index contributed by atoms with van der Waals surface area (Å²) >= 11 is 0. The van der Waals surface area contributed by atoms with Gasteiger partial charge >= 0.3 is 5.97 Å². The lowest BCUT2D eigenvalue weighted by Gasteiger charge is -2.06. The highest BCUT2D eigenvalue weighted by molar-refractivity contribution is 5.86. The van der Waals surface area contributed by atoms with E-state index in [0.29, 0.717) is 24.5 Å². The minimum absolute atomic E-state index is 0.0321. The predicted octanol–water partition coefficient (Wildman–Crippen LogP) is 2.70. The molecule has 0 saturated carbocycles. The van der Waals surface area contributed by atoms with Crippen LogP contribution in [0.4, 0.5) is 0 Å². The molecule has 0 aliphatic heterocycles. The molecule has 0 amide bonds. The zero-order valence-corrected chi connectivity index (χ0v) is 12.1. The standard InChI is InChI=1S/C16H18O5/c1-3-14-12(8-15(21-14)16(18)19-2)10-20-13-6-4-5-11(7-13)9-17/h4-8,17H,3,9-10H2,1-2H3. The van der Waals surface area contributed by atoms with E-state index in [2.05, 4.69) is 4.74 Å². The Morgan fingerprint density at radius 3 is 2.81 bits per heavy atom. The number of rotatable bonds is 6. The van der Waals surface area contributed by atoms with Crippen molar-refractivity contribution in [3.8, 4) is 5.75 Å². The van der Waals surface area contributed by atoms with Crippen molar-refractivity contribution in [1.82, 2.24) is 0 Å². The summed E-state index contributed by atoms with van der Waals surface area (Å²) in [6.45, 7) is 2.20. The van der Waals surface area contributed by atoms with Crippen molar-refractivity contribution < 1.29 is 23.8 Å². The van der Waals surface area contributed by atoms with Crippen LogP contribution in [-0.4, -0.2) is 18.2 Å². The lowest BCUT2D eigenvalue weighted by atomic mass is 10.2. The molecule has 5 nitrogen and oxygen atoms in total. The van der Waals surface area contributed by atoms with Gasteiger partial charge in [0.1, 0.15) is 18.1 Å². The quantitative estimate of drug-likeness (QED) is 0.828. The summed E-state index contributed by atoms with van der Waals surface area (Å²) in [5, 5.41) is 9.10. The maximum absolute atomic E-state index is 11.5. The van der Waals surface area contributed by atoms with Gasteiger partial charge < -0.3 is 19.0 Å². The number of hydrogen-bond acceptors (Lipinski definition) is 5. The van der Waals surface area contributed by atoms with E-state index in [4.69, 9.17) is 14.3 Å². The Balaban J connectivity index is 2.11. The topological polar surface area (TPSA) is 68.9 Å². The third-order valence-electron chi connectivity index (χ3n) is 3.08. The van der Waals surface area contributed by atoms with Gasteiger partial charge in [-0.3, -0.25) is 0 Å². The van der Waals surface area contributed by atoms with E-state index >= 15 is 0 Å². The number of carbonyl (C=O) groups is 1. The van der Waals surface area contributed by atoms with Crippen LogP contribution in [0.15, 0.2) is 34.7 Å². The molecule has 1 aromatic carbocycles.